The van der Waals surface area contributed by atoms with Gasteiger partial charge in [-0.15, -0.1) is 0 Å². The van der Waals surface area contributed by atoms with Gasteiger partial charge < -0.3 is 4.74 Å². The molecule has 0 aliphatic rings. The van der Waals surface area contributed by atoms with Crippen LogP contribution in [0.25, 0.3) is 5.57 Å². The maximum Gasteiger partial charge on any atom is 0.130 e. The standard InChI is InChI=1S/C13H15ClO/c1-5-6-15-13-10(4)7-11(14)8-12(13)9(2)3/h5,7-8H,1-2,6H2,3-4H3. The fraction of sp³-hybridized carbons (Fsp3) is 0.231. The molecule has 0 saturated heterocycles. The number of hydrogen-bond donors (Lipinski definition) is 0. The summed E-state index contributed by atoms with van der Waals surface area (Å²) in [7, 11) is 0. The molecule has 80 valence electrons. The van der Waals surface area contributed by atoms with Crippen LogP contribution in [0, 0.1) is 6.92 Å². The molecule has 0 aromatic heterocycles. The number of halogens is 1. The van der Waals surface area contributed by atoms with Crippen molar-refractivity contribution in [3.05, 3.63) is 47.5 Å². The number of aryl methyl sites for hydroxylation is 1. The first-order valence-corrected chi connectivity index (χ1v) is 5.13. The van der Waals surface area contributed by atoms with E-state index >= 15 is 0 Å². The Morgan fingerprint density at radius 3 is 2.73 bits per heavy atom. The van der Waals surface area contributed by atoms with Crippen LogP contribution in [0.3, 0.4) is 0 Å². The van der Waals surface area contributed by atoms with Crippen LogP contribution < -0.4 is 4.74 Å². The minimum absolute atomic E-state index is 0.489. The Hall–Kier alpha value is -1.21. The van der Waals surface area contributed by atoms with Crippen LogP contribution in [-0.2, 0) is 0 Å². The van der Waals surface area contributed by atoms with Gasteiger partial charge in [0.25, 0.3) is 0 Å². The molecule has 0 aliphatic carbocycles. The van der Waals surface area contributed by atoms with E-state index < -0.39 is 0 Å². The van der Waals surface area contributed by atoms with Gasteiger partial charge in [0.1, 0.15) is 12.4 Å². The van der Waals surface area contributed by atoms with Gasteiger partial charge in [-0.1, -0.05) is 30.8 Å². The first-order valence-electron chi connectivity index (χ1n) is 4.76. The quantitative estimate of drug-likeness (QED) is 0.693. The molecular formula is C13H15ClO. The lowest BCUT2D eigenvalue weighted by Crippen LogP contribution is -1.98. The van der Waals surface area contributed by atoms with Gasteiger partial charge in [0.05, 0.1) is 0 Å². The molecule has 0 heterocycles. The van der Waals surface area contributed by atoms with E-state index in [1.165, 1.54) is 0 Å². The average molecular weight is 223 g/mol. The normalized spacial score (nSPS) is 9.80. The maximum absolute atomic E-state index is 5.98. The Labute approximate surface area is 96.0 Å². The number of hydrogen-bond acceptors (Lipinski definition) is 1. The highest BCUT2D eigenvalue weighted by Crippen LogP contribution is 2.32. The molecule has 0 N–H and O–H groups in total. The zero-order valence-electron chi connectivity index (χ0n) is 9.14. The summed E-state index contributed by atoms with van der Waals surface area (Å²) in [6.45, 7) is 11.9. The Bertz CT molecular complexity index is 394. The number of benzene rings is 1. The molecule has 0 aliphatic heterocycles. The molecule has 1 aromatic carbocycles. The summed E-state index contributed by atoms with van der Waals surface area (Å²) in [5, 5.41) is 0.705. The second-order valence-electron chi connectivity index (χ2n) is 3.48. The lowest BCUT2D eigenvalue weighted by Gasteiger charge is -2.13. The molecule has 2 heteroatoms. The van der Waals surface area contributed by atoms with Crippen molar-refractivity contribution in [2.45, 2.75) is 13.8 Å². The minimum atomic E-state index is 0.489. The fourth-order valence-corrected chi connectivity index (χ4v) is 1.65. The lowest BCUT2D eigenvalue weighted by atomic mass is 10.0. The highest BCUT2D eigenvalue weighted by molar-refractivity contribution is 6.30. The van der Waals surface area contributed by atoms with Crippen LogP contribution in [0.2, 0.25) is 5.02 Å². The van der Waals surface area contributed by atoms with Gasteiger partial charge in [-0.2, -0.15) is 0 Å². The SMILES string of the molecule is C=CCOc1c(C)cc(Cl)cc1C(=C)C. The predicted octanol–water partition coefficient (Wildman–Crippen LogP) is 4.25. The molecule has 15 heavy (non-hydrogen) atoms. The topological polar surface area (TPSA) is 9.23 Å². The van der Waals surface area contributed by atoms with E-state index in [2.05, 4.69) is 13.2 Å². The molecule has 0 amide bonds. The summed E-state index contributed by atoms with van der Waals surface area (Å²) in [6, 6.07) is 3.75. The Morgan fingerprint density at radius 1 is 1.53 bits per heavy atom. The largest absolute Gasteiger partial charge is 0.489 e. The molecule has 1 aromatic rings. The first kappa shape index (κ1) is 11.9. The first-order chi connectivity index (χ1) is 7.06. The zero-order chi connectivity index (χ0) is 11.4. The van der Waals surface area contributed by atoms with Crippen molar-refractivity contribution in [1.82, 2.24) is 0 Å². The third kappa shape index (κ3) is 2.87. The molecule has 1 nitrogen and oxygen atoms in total. The van der Waals surface area contributed by atoms with E-state index in [-0.39, 0.29) is 0 Å². The summed E-state index contributed by atoms with van der Waals surface area (Å²) in [6.07, 6.45) is 1.72. The smallest absolute Gasteiger partial charge is 0.130 e. The predicted molar refractivity (Wildman–Crippen MR) is 66.6 cm³/mol. The van der Waals surface area contributed by atoms with Crippen LogP contribution in [0.1, 0.15) is 18.1 Å². The number of ether oxygens (including phenoxy) is 1. The van der Waals surface area contributed by atoms with E-state index in [1.807, 2.05) is 26.0 Å². The summed E-state index contributed by atoms with van der Waals surface area (Å²) in [5.41, 5.74) is 2.92. The second-order valence-corrected chi connectivity index (χ2v) is 3.92. The van der Waals surface area contributed by atoms with E-state index in [0.717, 1.165) is 22.4 Å². The van der Waals surface area contributed by atoms with Gasteiger partial charge in [0, 0.05) is 10.6 Å². The van der Waals surface area contributed by atoms with E-state index in [4.69, 9.17) is 16.3 Å². The monoisotopic (exact) mass is 222 g/mol. The molecule has 1 rings (SSSR count). The summed E-state index contributed by atoms with van der Waals surface area (Å²) in [5.74, 6) is 0.840. The Balaban J connectivity index is 3.20. The average Bonchev–Trinajstić information content (AvgIpc) is 2.15. The van der Waals surface area contributed by atoms with Gasteiger partial charge in [-0.3, -0.25) is 0 Å². The van der Waals surface area contributed by atoms with Crippen molar-refractivity contribution < 1.29 is 4.74 Å². The Morgan fingerprint density at radius 2 is 2.20 bits per heavy atom. The molecule has 0 saturated carbocycles. The van der Waals surface area contributed by atoms with Gasteiger partial charge in [0.2, 0.25) is 0 Å². The van der Waals surface area contributed by atoms with Gasteiger partial charge in [0.15, 0.2) is 0 Å². The Kier molecular flexibility index (Phi) is 3.98. The second kappa shape index (κ2) is 5.04. The molecular weight excluding hydrogens is 208 g/mol. The van der Waals surface area contributed by atoms with E-state index in [1.54, 1.807) is 6.08 Å². The van der Waals surface area contributed by atoms with Crippen molar-refractivity contribution in [2.24, 2.45) is 0 Å². The van der Waals surface area contributed by atoms with Crippen molar-refractivity contribution in [3.8, 4) is 5.75 Å². The fourth-order valence-electron chi connectivity index (χ4n) is 1.38. The summed E-state index contributed by atoms with van der Waals surface area (Å²) in [4.78, 5) is 0. The third-order valence-corrected chi connectivity index (χ3v) is 2.26. The molecule has 0 bridgehead atoms. The van der Waals surface area contributed by atoms with Gasteiger partial charge in [-0.05, 0) is 37.1 Å². The minimum Gasteiger partial charge on any atom is -0.489 e. The highest BCUT2D eigenvalue weighted by atomic mass is 35.5. The molecule has 0 spiro atoms. The molecule has 0 fully saturated rings. The summed E-state index contributed by atoms with van der Waals surface area (Å²) < 4.78 is 5.60. The third-order valence-electron chi connectivity index (χ3n) is 2.04. The summed E-state index contributed by atoms with van der Waals surface area (Å²) >= 11 is 5.98. The number of rotatable bonds is 4. The van der Waals surface area contributed by atoms with Crippen molar-refractivity contribution in [2.75, 3.05) is 6.61 Å². The van der Waals surface area contributed by atoms with Crippen LogP contribution >= 0.6 is 11.6 Å². The molecule has 0 atom stereocenters. The van der Waals surface area contributed by atoms with Crippen molar-refractivity contribution in [3.63, 3.8) is 0 Å². The number of allylic oxidation sites excluding steroid dienone is 1. The van der Waals surface area contributed by atoms with Crippen LogP contribution in [-0.4, -0.2) is 6.61 Å². The highest BCUT2D eigenvalue weighted by Gasteiger charge is 2.09. The van der Waals surface area contributed by atoms with Crippen LogP contribution in [0.15, 0.2) is 31.4 Å². The van der Waals surface area contributed by atoms with Crippen LogP contribution in [0.4, 0.5) is 0 Å². The van der Waals surface area contributed by atoms with Gasteiger partial charge >= 0.3 is 0 Å². The lowest BCUT2D eigenvalue weighted by molar-refractivity contribution is 0.359. The van der Waals surface area contributed by atoms with Crippen molar-refractivity contribution in [1.29, 1.82) is 0 Å². The van der Waals surface area contributed by atoms with Crippen LogP contribution in [0.5, 0.6) is 5.75 Å². The zero-order valence-corrected chi connectivity index (χ0v) is 9.90. The van der Waals surface area contributed by atoms with E-state index in [9.17, 15) is 0 Å². The van der Waals surface area contributed by atoms with E-state index in [0.29, 0.717) is 11.6 Å². The molecule has 0 radical (unpaired) electrons. The van der Waals surface area contributed by atoms with Gasteiger partial charge in [-0.25, -0.2) is 0 Å². The maximum atomic E-state index is 5.98. The molecule has 0 unspecified atom stereocenters. The van der Waals surface area contributed by atoms with Crippen molar-refractivity contribution >= 4 is 17.2 Å².